The number of hydrogen-bond donors (Lipinski definition) is 0. The Morgan fingerprint density at radius 2 is 2.00 bits per heavy atom. The molecule has 0 spiro atoms. The molecule has 0 nitrogen and oxygen atoms in total. The monoisotopic (exact) mass is 278 g/mol. The lowest BCUT2D eigenvalue weighted by molar-refractivity contribution is 0.573. The summed E-state index contributed by atoms with van der Waals surface area (Å²) in [6.07, 6.45) is 2.49. The predicted octanol–water partition coefficient (Wildman–Crippen LogP) is 4.61. The molecule has 0 saturated heterocycles. The molecular formula is C15H19Br. The van der Waals surface area contributed by atoms with Gasteiger partial charge in [-0.05, 0) is 31.2 Å². The lowest BCUT2D eigenvalue weighted by Crippen LogP contribution is -2.20. The van der Waals surface area contributed by atoms with Gasteiger partial charge in [0.05, 0.1) is 0 Å². The van der Waals surface area contributed by atoms with Gasteiger partial charge in [0.25, 0.3) is 0 Å². The Balaban J connectivity index is 2.33. The van der Waals surface area contributed by atoms with Crippen LogP contribution in [-0.2, 0) is 5.41 Å². The molecule has 0 radical (unpaired) electrons. The van der Waals surface area contributed by atoms with Crippen molar-refractivity contribution in [1.29, 1.82) is 0 Å². The summed E-state index contributed by atoms with van der Waals surface area (Å²) in [7, 11) is 0. The first-order valence-corrected chi connectivity index (χ1v) is 7.02. The van der Waals surface area contributed by atoms with Crippen LogP contribution in [0.3, 0.4) is 0 Å². The molecule has 0 unspecified atom stereocenters. The van der Waals surface area contributed by atoms with E-state index in [-0.39, 0.29) is 5.41 Å². The quantitative estimate of drug-likeness (QED) is 0.547. The third-order valence-corrected chi connectivity index (χ3v) is 4.85. The van der Waals surface area contributed by atoms with E-state index in [9.17, 15) is 0 Å². The summed E-state index contributed by atoms with van der Waals surface area (Å²) >= 11 is 3.59. The molecule has 0 aromatic heterocycles. The molecule has 0 aliphatic heterocycles. The molecule has 0 heterocycles. The fraction of sp³-hybridized carbons (Fsp3) is 0.467. The minimum absolute atomic E-state index is 0.187. The standard InChI is InChI=1S/C15H19Br/c1-11-4-6-14(7-5-11)15(3)9-8-13(10-16)12(15)2/h4-7,13H,2,8-10H2,1,3H3/t13-,15-/m1/s1. The largest absolute Gasteiger partial charge is 0.0987 e. The summed E-state index contributed by atoms with van der Waals surface area (Å²) < 4.78 is 0. The minimum atomic E-state index is 0.187. The van der Waals surface area contributed by atoms with Crippen molar-refractivity contribution in [2.75, 3.05) is 5.33 Å². The van der Waals surface area contributed by atoms with E-state index >= 15 is 0 Å². The molecular weight excluding hydrogens is 260 g/mol. The van der Waals surface area contributed by atoms with Crippen molar-refractivity contribution in [1.82, 2.24) is 0 Å². The van der Waals surface area contributed by atoms with Crippen LogP contribution < -0.4 is 0 Å². The number of aryl methyl sites for hydroxylation is 1. The molecule has 0 bridgehead atoms. The molecule has 1 heteroatoms. The van der Waals surface area contributed by atoms with Gasteiger partial charge in [0, 0.05) is 10.7 Å². The third-order valence-electron chi connectivity index (χ3n) is 4.07. The molecule has 2 atom stereocenters. The van der Waals surface area contributed by atoms with Crippen LogP contribution in [0.5, 0.6) is 0 Å². The van der Waals surface area contributed by atoms with Gasteiger partial charge in [-0.15, -0.1) is 0 Å². The fourth-order valence-electron chi connectivity index (χ4n) is 2.67. The first-order valence-electron chi connectivity index (χ1n) is 5.90. The molecule has 1 fully saturated rings. The smallest absolute Gasteiger partial charge is 0.0134 e. The van der Waals surface area contributed by atoms with E-state index in [1.54, 1.807) is 0 Å². The van der Waals surface area contributed by atoms with Gasteiger partial charge in [0.2, 0.25) is 0 Å². The number of hydrogen-bond acceptors (Lipinski definition) is 0. The molecule has 1 aliphatic carbocycles. The summed E-state index contributed by atoms with van der Waals surface area (Å²) in [5, 5.41) is 1.05. The van der Waals surface area contributed by atoms with Gasteiger partial charge >= 0.3 is 0 Å². The number of halogens is 1. The van der Waals surface area contributed by atoms with Crippen LogP contribution >= 0.6 is 15.9 Å². The maximum Gasteiger partial charge on any atom is 0.0134 e. The highest BCUT2D eigenvalue weighted by Gasteiger charge is 2.39. The highest BCUT2D eigenvalue weighted by atomic mass is 79.9. The summed E-state index contributed by atoms with van der Waals surface area (Å²) in [6.45, 7) is 8.80. The lowest BCUT2D eigenvalue weighted by Gasteiger charge is -2.27. The molecule has 0 N–H and O–H groups in total. The molecule has 1 aromatic rings. The molecule has 1 aliphatic rings. The number of alkyl halides is 1. The Bertz CT molecular complexity index is 390. The van der Waals surface area contributed by atoms with Crippen molar-refractivity contribution in [3.8, 4) is 0 Å². The molecule has 2 rings (SSSR count). The number of allylic oxidation sites excluding steroid dienone is 1. The Morgan fingerprint density at radius 3 is 2.50 bits per heavy atom. The second-order valence-corrected chi connectivity index (χ2v) is 5.76. The molecule has 1 saturated carbocycles. The van der Waals surface area contributed by atoms with Crippen molar-refractivity contribution in [3.05, 3.63) is 47.5 Å². The van der Waals surface area contributed by atoms with E-state index < -0.39 is 0 Å². The Kier molecular flexibility index (Phi) is 3.25. The first-order chi connectivity index (χ1) is 7.58. The first kappa shape index (κ1) is 11.9. The summed E-state index contributed by atoms with van der Waals surface area (Å²) in [5.41, 5.74) is 4.33. The number of rotatable bonds is 2. The zero-order valence-electron chi connectivity index (χ0n) is 10.1. The van der Waals surface area contributed by atoms with Crippen LogP contribution in [0, 0.1) is 12.8 Å². The third kappa shape index (κ3) is 1.86. The molecule has 86 valence electrons. The summed E-state index contributed by atoms with van der Waals surface area (Å²) in [6, 6.07) is 8.93. The Labute approximate surface area is 107 Å². The van der Waals surface area contributed by atoms with Crippen molar-refractivity contribution >= 4 is 15.9 Å². The van der Waals surface area contributed by atoms with E-state index in [0.29, 0.717) is 5.92 Å². The summed E-state index contributed by atoms with van der Waals surface area (Å²) in [5.74, 6) is 0.645. The Hall–Kier alpha value is -0.560. The second-order valence-electron chi connectivity index (χ2n) is 5.11. The molecule has 16 heavy (non-hydrogen) atoms. The highest BCUT2D eigenvalue weighted by molar-refractivity contribution is 9.09. The van der Waals surface area contributed by atoms with Gasteiger partial charge < -0.3 is 0 Å². The zero-order valence-corrected chi connectivity index (χ0v) is 11.7. The topological polar surface area (TPSA) is 0 Å². The van der Waals surface area contributed by atoms with Crippen LogP contribution in [0.2, 0.25) is 0 Å². The second kappa shape index (κ2) is 4.37. The SMILES string of the molecule is C=C1[C@@H](CBr)CC[C@@]1(C)c1ccc(C)cc1. The average molecular weight is 279 g/mol. The van der Waals surface area contributed by atoms with Crippen molar-refractivity contribution in [2.24, 2.45) is 5.92 Å². The Morgan fingerprint density at radius 1 is 1.38 bits per heavy atom. The number of benzene rings is 1. The van der Waals surface area contributed by atoms with E-state index in [4.69, 9.17) is 0 Å². The van der Waals surface area contributed by atoms with Gasteiger partial charge in [0.15, 0.2) is 0 Å². The van der Waals surface area contributed by atoms with Crippen LogP contribution in [0.1, 0.15) is 30.9 Å². The normalized spacial score (nSPS) is 29.7. The van der Waals surface area contributed by atoms with E-state index in [2.05, 4.69) is 60.6 Å². The van der Waals surface area contributed by atoms with Crippen LogP contribution in [0.4, 0.5) is 0 Å². The molecule has 1 aromatic carbocycles. The van der Waals surface area contributed by atoms with E-state index in [1.807, 2.05) is 0 Å². The van der Waals surface area contributed by atoms with Gasteiger partial charge in [-0.3, -0.25) is 0 Å². The van der Waals surface area contributed by atoms with Gasteiger partial charge in [-0.2, -0.15) is 0 Å². The van der Waals surface area contributed by atoms with Gasteiger partial charge in [-0.25, -0.2) is 0 Å². The van der Waals surface area contributed by atoms with Crippen LogP contribution in [0.25, 0.3) is 0 Å². The predicted molar refractivity (Wildman–Crippen MR) is 74.2 cm³/mol. The van der Waals surface area contributed by atoms with Crippen molar-refractivity contribution < 1.29 is 0 Å². The van der Waals surface area contributed by atoms with Gasteiger partial charge in [0.1, 0.15) is 0 Å². The maximum atomic E-state index is 4.33. The lowest BCUT2D eigenvalue weighted by atomic mass is 9.77. The van der Waals surface area contributed by atoms with E-state index in [0.717, 1.165) is 5.33 Å². The van der Waals surface area contributed by atoms with Crippen molar-refractivity contribution in [2.45, 2.75) is 32.1 Å². The minimum Gasteiger partial charge on any atom is -0.0987 e. The fourth-order valence-corrected chi connectivity index (χ4v) is 3.38. The maximum absolute atomic E-state index is 4.33. The zero-order chi connectivity index (χ0) is 11.8. The van der Waals surface area contributed by atoms with Gasteiger partial charge in [-0.1, -0.05) is 64.8 Å². The van der Waals surface area contributed by atoms with E-state index in [1.165, 1.54) is 29.5 Å². The van der Waals surface area contributed by atoms with Crippen molar-refractivity contribution in [3.63, 3.8) is 0 Å². The average Bonchev–Trinajstić information content (AvgIpc) is 2.58. The highest BCUT2D eigenvalue weighted by Crippen LogP contribution is 2.47. The van der Waals surface area contributed by atoms with Crippen LogP contribution in [0.15, 0.2) is 36.4 Å². The van der Waals surface area contributed by atoms with Crippen LogP contribution in [-0.4, -0.2) is 5.33 Å². The molecule has 0 amide bonds. The summed E-state index contributed by atoms with van der Waals surface area (Å²) in [4.78, 5) is 0.